The molecule has 0 spiro atoms. The van der Waals surface area contributed by atoms with E-state index in [1.165, 1.54) is 44.9 Å². The van der Waals surface area contributed by atoms with E-state index >= 15 is 0 Å². The highest BCUT2D eigenvalue weighted by molar-refractivity contribution is 4.78. The van der Waals surface area contributed by atoms with Crippen LogP contribution in [0.5, 0.6) is 0 Å². The molecule has 0 amide bonds. The lowest BCUT2D eigenvalue weighted by molar-refractivity contribution is 0.0158. The van der Waals surface area contributed by atoms with Crippen molar-refractivity contribution in [2.24, 2.45) is 17.6 Å². The lowest BCUT2D eigenvalue weighted by Gasteiger charge is -2.31. The maximum absolute atomic E-state index is 5.86. The first-order valence-corrected chi connectivity index (χ1v) is 7.42. The van der Waals surface area contributed by atoms with Gasteiger partial charge in [0.05, 0.1) is 6.10 Å². The summed E-state index contributed by atoms with van der Waals surface area (Å²) in [7, 11) is 0. The van der Waals surface area contributed by atoms with Crippen LogP contribution in [0.3, 0.4) is 0 Å². The first-order chi connectivity index (χ1) is 8.40. The fraction of sp³-hybridized carbons (Fsp3) is 1.00. The highest BCUT2D eigenvalue weighted by atomic mass is 16.5. The molecular weight excluding hydrogens is 212 g/mol. The molecule has 1 saturated heterocycles. The zero-order valence-electron chi connectivity index (χ0n) is 11.0. The van der Waals surface area contributed by atoms with E-state index in [4.69, 9.17) is 10.5 Å². The molecule has 2 rings (SSSR count). The van der Waals surface area contributed by atoms with Crippen molar-refractivity contribution in [2.75, 3.05) is 26.2 Å². The third kappa shape index (κ3) is 4.23. The van der Waals surface area contributed by atoms with Crippen LogP contribution >= 0.6 is 0 Å². The fourth-order valence-electron chi connectivity index (χ4n) is 3.26. The average Bonchev–Trinajstić information content (AvgIpc) is 2.40. The average molecular weight is 240 g/mol. The summed E-state index contributed by atoms with van der Waals surface area (Å²) in [4.78, 5) is 0. The largest absolute Gasteiger partial charge is 0.377 e. The normalized spacial score (nSPS) is 34.8. The molecule has 2 aliphatic rings. The number of hydrogen-bond donors (Lipinski definition) is 2. The summed E-state index contributed by atoms with van der Waals surface area (Å²) in [5.74, 6) is 1.56. The minimum atomic E-state index is 0.462. The monoisotopic (exact) mass is 240 g/mol. The molecule has 1 saturated carbocycles. The Morgan fingerprint density at radius 1 is 0.941 bits per heavy atom. The number of nitrogens with two attached hydrogens (primary N) is 1. The van der Waals surface area contributed by atoms with Gasteiger partial charge in [-0.2, -0.15) is 0 Å². The molecule has 0 bridgehead atoms. The molecule has 17 heavy (non-hydrogen) atoms. The Labute approximate surface area is 105 Å². The zero-order chi connectivity index (χ0) is 11.9. The van der Waals surface area contributed by atoms with E-state index in [-0.39, 0.29) is 0 Å². The minimum Gasteiger partial charge on any atom is -0.377 e. The highest BCUT2D eigenvalue weighted by Gasteiger charge is 2.23. The zero-order valence-corrected chi connectivity index (χ0v) is 11.0. The molecule has 100 valence electrons. The number of rotatable bonds is 5. The second kappa shape index (κ2) is 7.34. The van der Waals surface area contributed by atoms with Gasteiger partial charge in [-0.1, -0.05) is 12.8 Å². The van der Waals surface area contributed by atoms with Crippen LogP contribution in [0.15, 0.2) is 0 Å². The molecule has 3 nitrogen and oxygen atoms in total. The van der Waals surface area contributed by atoms with Crippen LogP contribution in [0.25, 0.3) is 0 Å². The van der Waals surface area contributed by atoms with Crippen LogP contribution < -0.4 is 11.1 Å². The van der Waals surface area contributed by atoms with Crippen LogP contribution in [0.1, 0.15) is 44.9 Å². The third-order valence-electron chi connectivity index (χ3n) is 4.42. The molecular formula is C14H28N2O. The van der Waals surface area contributed by atoms with Crippen LogP contribution in [0, 0.1) is 11.8 Å². The smallest absolute Gasteiger partial charge is 0.0699 e. The van der Waals surface area contributed by atoms with Gasteiger partial charge < -0.3 is 15.8 Å². The van der Waals surface area contributed by atoms with Crippen molar-refractivity contribution < 1.29 is 4.74 Å². The second-order valence-corrected chi connectivity index (χ2v) is 5.69. The lowest BCUT2D eigenvalue weighted by Crippen LogP contribution is -2.38. The number of ether oxygens (including phenoxy) is 1. The minimum absolute atomic E-state index is 0.462. The summed E-state index contributed by atoms with van der Waals surface area (Å²) in [6.07, 6.45) is 9.74. The molecule has 0 aromatic carbocycles. The molecule has 1 aliphatic heterocycles. The van der Waals surface area contributed by atoms with E-state index in [0.717, 1.165) is 38.1 Å². The van der Waals surface area contributed by atoms with E-state index in [2.05, 4.69) is 5.32 Å². The van der Waals surface area contributed by atoms with Gasteiger partial charge in [0.15, 0.2) is 0 Å². The van der Waals surface area contributed by atoms with Crippen molar-refractivity contribution in [1.82, 2.24) is 5.32 Å². The number of nitrogens with one attached hydrogen (secondary N) is 1. The Balaban J connectivity index is 1.62. The SMILES string of the molecule is NCC1CCCCC1CNCC1CCCCO1. The van der Waals surface area contributed by atoms with Crippen molar-refractivity contribution in [2.45, 2.75) is 51.0 Å². The van der Waals surface area contributed by atoms with Crippen molar-refractivity contribution in [3.8, 4) is 0 Å². The molecule has 3 unspecified atom stereocenters. The molecule has 3 N–H and O–H groups in total. The van der Waals surface area contributed by atoms with E-state index < -0.39 is 0 Å². The third-order valence-corrected chi connectivity index (χ3v) is 4.42. The van der Waals surface area contributed by atoms with E-state index in [1.807, 2.05) is 0 Å². The van der Waals surface area contributed by atoms with E-state index in [9.17, 15) is 0 Å². The van der Waals surface area contributed by atoms with Gasteiger partial charge in [0.25, 0.3) is 0 Å². The molecule has 0 radical (unpaired) electrons. The van der Waals surface area contributed by atoms with Crippen molar-refractivity contribution in [3.63, 3.8) is 0 Å². The molecule has 1 heterocycles. The van der Waals surface area contributed by atoms with Crippen LogP contribution in [-0.4, -0.2) is 32.3 Å². The van der Waals surface area contributed by atoms with Crippen molar-refractivity contribution in [1.29, 1.82) is 0 Å². The molecule has 3 heteroatoms. The predicted octanol–water partition coefficient (Wildman–Crippen LogP) is 1.91. The Bertz CT molecular complexity index is 204. The van der Waals surface area contributed by atoms with Gasteiger partial charge in [-0.15, -0.1) is 0 Å². The number of hydrogen-bond acceptors (Lipinski definition) is 3. The fourth-order valence-corrected chi connectivity index (χ4v) is 3.26. The van der Waals surface area contributed by atoms with E-state index in [1.54, 1.807) is 0 Å². The van der Waals surface area contributed by atoms with Crippen LogP contribution in [0.4, 0.5) is 0 Å². The topological polar surface area (TPSA) is 47.3 Å². The molecule has 1 aliphatic carbocycles. The van der Waals surface area contributed by atoms with Gasteiger partial charge in [-0.25, -0.2) is 0 Å². The quantitative estimate of drug-likeness (QED) is 0.771. The molecule has 2 fully saturated rings. The highest BCUT2D eigenvalue weighted by Crippen LogP contribution is 2.28. The first-order valence-electron chi connectivity index (χ1n) is 7.42. The first kappa shape index (κ1) is 13.3. The Morgan fingerprint density at radius 2 is 1.71 bits per heavy atom. The van der Waals surface area contributed by atoms with Gasteiger partial charge in [0, 0.05) is 13.2 Å². The van der Waals surface area contributed by atoms with Gasteiger partial charge in [0.1, 0.15) is 0 Å². The second-order valence-electron chi connectivity index (χ2n) is 5.69. The van der Waals surface area contributed by atoms with Gasteiger partial charge in [-0.05, 0) is 57.0 Å². The van der Waals surface area contributed by atoms with Crippen LogP contribution in [0.2, 0.25) is 0 Å². The summed E-state index contributed by atoms with van der Waals surface area (Å²) in [6, 6.07) is 0. The van der Waals surface area contributed by atoms with Gasteiger partial charge in [-0.3, -0.25) is 0 Å². The molecule has 0 aromatic heterocycles. The summed E-state index contributed by atoms with van der Waals surface area (Å²) >= 11 is 0. The summed E-state index contributed by atoms with van der Waals surface area (Å²) in [6.45, 7) is 4.00. The summed E-state index contributed by atoms with van der Waals surface area (Å²) in [5, 5.41) is 3.61. The summed E-state index contributed by atoms with van der Waals surface area (Å²) < 4.78 is 5.73. The Kier molecular flexibility index (Phi) is 5.75. The molecule has 3 atom stereocenters. The van der Waals surface area contributed by atoms with Crippen molar-refractivity contribution in [3.05, 3.63) is 0 Å². The maximum Gasteiger partial charge on any atom is 0.0699 e. The molecule has 0 aromatic rings. The predicted molar refractivity (Wildman–Crippen MR) is 71.0 cm³/mol. The van der Waals surface area contributed by atoms with Crippen LogP contribution in [-0.2, 0) is 4.74 Å². The van der Waals surface area contributed by atoms with Gasteiger partial charge in [0.2, 0.25) is 0 Å². The Hall–Kier alpha value is -0.120. The maximum atomic E-state index is 5.86. The van der Waals surface area contributed by atoms with E-state index in [0.29, 0.717) is 6.10 Å². The van der Waals surface area contributed by atoms with Crippen molar-refractivity contribution >= 4 is 0 Å². The Morgan fingerprint density at radius 3 is 2.41 bits per heavy atom. The standard InChI is InChI=1S/C14H28N2O/c15-9-12-5-1-2-6-13(12)10-16-11-14-7-3-4-8-17-14/h12-14,16H,1-11,15H2. The van der Waals surface area contributed by atoms with Gasteiger partial charge >= 0.3 is 0 Å². The lowest BCUT2D eigenvalue weighted by atomic mass is 9.79. The summed E-state index contributed by atoms with van der Waals surface area (Å²) in [5.41, 5.74) is 5.86.